The first-order chi connectivity index (χ1) is 9.47. The maximum absolute atomic E-state index is 12.1. The highest BCUT2D eigenvalue weighted by atomic mass is 79.9. The van der Waals surface area contributed by atoms with Crippen LogP contribution in [0, 0.1) is 6.92 Å². The van der Waals surface area contributed by atoms with Crippen LogP contribution in [0.25, 0.3) is 0 Å². The third kappa shape index (κ3) is 3.40. The van der Waals surface area contributed by atoms with Gasteiger partial charge in [-0.25, -0.2) is 4.98 Å². The lowest BCUT2D eigenvalue weighted by atomic mass is 10.1. The van der Waals surface area contributed by atoms with Gasteiger partial charge in [-0.15, -0.1) is 0 Å². The zero-order valence-electron chi connectivity index (χ0n) is 10.7. The number of carbonyl (C=O) groups excluding carboxylic acids is 1. The number of aryl methyl sites for hydroxylation is 1. The summed E-state index contributed by atoms with van der Waals surface area (Å²) in [6.07, 6.45) is 1.64. The topological polar surface area (TPSA) is 68.0 Å². The van der Waals surface area contributed by atoms with Crippen LogP contribution in [0.15, 0.2) is 41.0 Å². The third-order valence-corrected chi connectivity index (χ3v) is 3.38. The molecule has 1 aromatic carbocycles. The minimum absolute atomic E-state index is 0.225. The lowest BCUT2D eigenvalue weighted by Gasteiger charge is -2.08. The highest BCUT2D eigenvalue weighted by Crippen LogP contribution is 2.17. The number of anilines is 1. The molecule has 0 atom stereocenters. The van der Waals surface area contributed by atoms with Crippen molar-refractivity contribution in [1.82, 2.24) is 4.98 Å². The number of nitrogens with one attached hydrogen (secondary N) is 1. The Morgan fingerprint density at radius 2 is 1.90 bits per heavy atom. The molecule has 0 fully saturated rings. The van der Waals surface area contributed by atoms with E-state index in [0.717, 1.165) is 15.6 Å². The molecule has 1 aromatic heterocycles. The fraction of sp³-hybridized carbons (Fsp3) is 0.0714. The molecule has 2 aromatic rings. The summed E-state index contributed by atoms with van der Waals surface area (Å²) in [5.41, 5.74) is 7.65. The van der Waals surface area contributed by atoms with Gasteiger partial charge in [0.2, 0.25) is 0 Å². The Hall–Kier alpha value is -1.79. The molecule has 4 nitrogen and oxygen atoms in total. The maximum atomic E-state index is 12.1. The van der Waals surface area contributed by atoms with E-state index in [-0.39, 0.29) is 5.91 Å². The van der Waals surface area contributed by atoms with Gasteiger partial charge in [-0.3, -0.25) is 4.79 Å². The number of nitrogens with two attached hydrogens (primary N) is 1. The summed E-state index contributed by atoms with van der Waals surface area (Å²) in [4.78, 5) is 16.6. The van der Waals surface area contributed by atoms with Gasteiger partial charge in [0.1, 0.15) is 10.8 Å². The zero-order valence-corrected chi connectivity index (χ0v) is 13.1. The second-order valence-electron chi connectivity index (χ2n) is 4.21. The number of aromatic nitrogens is 1. The smallest absolute Gasteiger partial charge is 0.256 e. The van der Waals surface area contributed by atoms with Crippen molar-refractivity contribution in [3.05, 3.63) is 57.7 Å². The summed E-state index contributed by atoms with van der Waals surface area (Å²) in [6, 6.07) is 8.69. The minimum atomic E-state index is -0.225. The molecule has 0 saturated heterocycles. The summed E-state index contributed by atoms with van der Waals surface area (Å²) in [6.45, 7) is 1.88. The fourth-order valence-electron chi connectivity index (χ4n) is 1.64. The first kappa shape index (κ1) is 14.6. The van der Waals surface area contributed by atoms with Crippen molar-refractivity contribution in [3.8, 4) is 0 Å². The Bertz CT molecular complexity index is 671. The van der Waals surface area contributed by atoms with Crippen molar-refractivity contribution < 1.29 is 4.79 Å². The normalized spacial score (nSPS) is 10.1. The molecule has 0 aliphatic rings. The average molecular weight is 350 g/mol. The number of hydrogen-bond donors (Lipinski definition) is 2. The number of halogens is 1. The molecule has 6 heteroatoms. The van der Waals surface area contributed by atoms with Crippen molar-refractivity contribution in [2.45, 2.75) is 6.92 Å². The molecule has 20 heavy (non-hydrogen) atoms. The summed E-state index contributed by atoms with van der Waals surface area (Å²) < 4.78 is 0.869. The molecule has 0 spiro atoms. The molecular formula is C14H12BrN3OS. The van der Waals surface area contributed by atoms with Crippen molar-refractivity contribution in [1.29, 1.82) is 0 Å². The van der Waals surface area contributed by atoms with E-state index in [4.69, 9.17) is 18.0 Å². The quantitative estimate of drug-likeness (QED) is 0.835. The number of pyridine rings is 1. The molecule has 0 aliphatic carbocycles. The Labute approximate surface area is 130 Å². The van der Waals surface area contributed by atoms with Crippen LogP contribution in [0.2, 0.25) is 0 Å². The monoisotopic (exact) mass is 349 g/mol. The van der Waals surface area contributed by atoms with Gasteiger partial charge in [0.15, 0.2) is 0 Å². The summed E-state index contributed by atoms with van der Waals surface area (Å²) in [5, 5.41) is 2.77. The van der Waals surface area contributed by atoms with Gasteiger partial charge in [0, 0.05) is 21.8 Å². The van der Waals surface area contributed by atoms with Gasteiger partial charge >= 0.3 is 0 Å². The summed E-state index contributed by atoms with van der Waals surface area (Å²) >= 11 is 8.20. The lowest BCUT2D eigenvalue weighted by Crippen LogP contribution is -2.15. The molecule has 0 bridgehead atoms. The van der Waals surface area contributed by atoms with E-state index in [1.807, 2.05) is 13.0 Å². The number of hydrogen-bond acceptors (Lipinski definition) is 3. The van der Waals surface area contributed by atoms with Crippen LogP contribution in [-0.2, 0) is 0 Å². The second kappa shape index (κ2) is 6.11. The highest BCUT2D eigenvalue weighted by Gasteiger charge is 2.09. The Kier molecular flexibility index (Phi) is 4.46. The van der Waals surface area contributed by atoms with Gasteiger partial charge in [0.25, 0.3) is 5.91 Å². The molecule has 0 aliphatic heterocycles. The van der Waals surface area contributed by atoms with Crippen molar-refractivity contribution in [2.75, 3.05) is 5.32 Å². The van der Waals surface area contributed by atoms with Gasteiger partial charge in [-0.2, -0.15) is 0 Å². The van der Waals surface area contributed by atoms with Crippen LogP contribution in [-0.4, -0.2) is 15.9 Å². The number of benzene rings is 1. The van der Waals surface area contributed by atoms with E-state index in [2.05, 4.69) is 26.2 Å². The number of thiocarbonyl (C=S) groups is 1. The molecule has 0 radical (unpaired) electrons. The van der Waals surface area contributed by atoms with Gasteiger partial charge in [0.05, 0.1) is 0 Å². The Morgan fingerprint density at radius 1 is 1.30 bits per heavy atom. The maximum Gasteiger partial charge on any atom is 0.256 e. The largest absolute Gasteiger partial charge is 0.389 e. The first-order valence-electron chi connectivity index (χ1n) is 5.81. The van der Waals surface area contributed by atoms with Crippen LogP contribution in [0.3, 0.4) is 0 Å². The van der Waals surface area contributed by atoms with E-state index in [1.165, 1.54) is 0 Å². The number of amides is 1. The first-order valence-corrected chi connectivity index (χ1v) is 7.01. The Balaban J connectivity index is 2.17. The lowest BCUT2D eigenvalue weighted by molar-refractivity contribution is 0.102. The van der Waals surface area contributed by atoms with Crippen LogP contribution < -0.4 is 11.1 Å². The van der Waals surface area contributed by atoms with Crippen LogP contribution in [0.4, 0.5) is 5.82 Å². The number of carbonyl (C=O) groups is 1. The van der Waals surface area contributed by atoms with Crippen molar-refractivity contribution in [2.24, 2.45) is 5.73 Å². The molecule has 0 unspecified atom stereocenters. The predicted molar refractivity (Wildman–Crippen MR) is 87.0 cm³/mol. The minimum Gasteiger partial charge on any atom is -0.389 e. The van der Waals surface area contributed by atoms with Crippen LogP contribution >= 0.6 is 28.1 Å². The molecule has 1 heterocycles. The highest BCUT2D eigenvalue weighted by molar-refractivity contribution is 9.10. The average Bonchev–Trinajstić information content (AvgIpc) is 2.42. The van der Waals surface area contributed by atoms with E-state index >= 15 is 0 Å². The van der Waals surface area contributed by atoms with Gasteiger partial charge < -0.3 is 11.1 Å². The SMILES string of the molecule is Cc1cc(Br)cnc1NC(=O)c1ccc(C(N)=S)cc1. The van der Waals surface area contributed by atoms with Gasteiger partial charge in [-0.05, 0) is 46.6 Å². The standard InChI is InChI=1S/C14H12BrN3OS/c1-8-6-11(15)7-17-13(8)18-14(19)10-4-2-9(3-5-10)12(16)20/h2-7H,1H3,(H2,16,20)(H,17,18,19). The zero-order chi connectivity index (χ0) is 14.7. The number of rotatable bonds is 3. The fourth-order valence-corrected chi connectivity index (χ4v) is 2.22. The van der Waals surface area contributed by atoms with E-state index < -0.39 is 0 Å². The summed E-state index contributed by atoms with van der Waals surface area (Å²) in [5.74, 6) is 0.314. The predicted octanol–water partition coefficient (Wildman–Crippen LogP) is 3.04. The number of nitrogens with zero attached hydrogens (tertiary/aromatic N) is 1. The molecular weight excluding hydrogens is 338 g/mol. The Morgan fingerprint density at radius 3 is 2.45 bits per heavy atom. The van der Waals surface area contributed by atoms with E-state index in [9.17, 15) is 4.79 Å². The molecule has 2 rings (SSSR count). The van der Waals surface area contributed by atoms with Crippen LogP contribution in [0.1, 0.15) is 21.5 Å². The molecule has 0 saturated carbocycles. The summed E-state index contributed by atoms with van der Waals surface area (Å²) in [7, 11) is 0. The van der Waals surface area contributed by atoms with E-state index in [1.54, 1.807) is 30.5 Å². The molecule has 3 N–H and O–H groups in total. The third-order valence-electron chi connectivity index (χ3n) is 2.71. The molecule has 102 valence electrons. The van der Waals surface area contributed by atoms with Gasteiger partial charge in [-0.1, -0.05) is 24.4 Å². The second-order valence-corrected chi connectivity index (χ2v) is 5.57. The van der Waals surface area contributed by atoms with E-state index in [0.29, 0.717) is 16.4 Å². The molecule has 1 amide bonds. The van der Waals surface area contributed by atoms with Crippen LogP contribution in [0.5, 0.6) is 0 Å². The van der Waals surface area contributed by atoms with Crippen molar-refractivity contribution in [3.63, 3.8) is 0 Å². The van der Waals surface area contributed by atoms with Crippen molar-refractivity contribution >= 4 is 44.9 Å².